The van der Waals surface area contributed by atoms with Gasteiger partial charge in [0.25, 0.3) is 0 Å². The van der Waals surface area contributed by atoms with Crippen molar-refractivity contribution in [1.29, 1.82) is 0 Å². The third-order valence-electron chi connectivity index (χ3n) is 5.10. The number of hydrogen-bond acceptors (Lipinski definition) is 2. The van der Waals surface area contributed by atoms with Crippen LogP contribution in [-0.2, 0) is 4.79 Å². The number of carbonyl (C=O) groups excluding carboxylic acids is 1. The molecule has 0 aliphatic carbocycles. The van der Waals surface area contributed by atoms with Gasteiger partial charge in [0.1, 0.15) is 0 Å². The summed E-state index contributed by atoms with van der Waals surface area (Å²) >= 11 is 0. The number of nitrogens with zero attached hydrogens (tertiary/aromatic N) is 1. The van der Waals surface area contributed by atoms with Gasteiger partial charge in [-0.25, -0.2) is 0 Å². The summed E-state index contributed by atoms with van der Waals surface area (Å²) in [6.45, 7) is 5.50. The summed E-state index contributed by atoms with van der Waals surface area (Å²) < 4.78 is 0. The maximum absolute atomic E-state index is 11.9. The molecule has 0 rings (SSSR count). The lowest BCUT2D eigenvalue weighted by Crippen LogP contribution is -2.33. The smallest absolute Gasteiger partial charge is 0.222 e. The predicted molar refractivity (Wildman–Crippen MR) is 109 cm³/mol. The molecular weight excluding hydrogens is 310 g/mol. The van der Waals surface area contributed by atoms with E-state index in [1.54, 1.807) is 4.90 Å². The van der Waals surface area contributed by atoms with E-state index in [9.17, 15) is 4.79 Å². The molecule has 3 nitrogen and oxygen atoms in total. The zero-order valence-electron chi connectivity index (χ0n) is 17.2. The van der Waals surface area contributed by atoms with Crippen molar-refractivity contribution >= 4 is 5.91 Å². The third kappa shape index (κ3) is 16.6. The van der Waals surface area contributed by atoms with Crippen molar-refractivity contribution in [3.05, 3.63) is 0 Å². The molecule has 0 heterocycles. The molecule has 150 valence electrons. The molecule has 0 bridgehead atoms. The summed E-state index contributed by atoms with van der Waals surface area (Å²) in [5, 5.41) is 8.93. The standard InChI is InChI=1S/C22H45NO2/c1-3-5-6-7-8-9-10-11-12-13-14-15-16-17-18-19-22(25)23(4-2)20-21-24/h24H,3-21H2,1-2H3. The van der Waals surface area contributed by atoms with E-state index < -0.39 is 0 Å². The topological polar surface area (TPSA) is 40.5 Å². The molecule has 1 amide bonds. The second-order valence-corrected chi connectivity index (χ2v) is 7.40. The van der Waals surface area contributed by atoms with Crippen molar-refractivity contribution in [3.8, 4) is 0 Å². The highest BCUT2D eigenvalue weighted by molar-refractivity contribution is 5.76. The van der Waals surface area contributed by atoms with E-state index in [4.69, 9.17) is 5.11 Å². The van der Waals surface area contributed by atoms with Gasteiger partial charge in [-0.05, 0) is 13.3 Å². The van der Waals surface area contributed by atoms with E-state index >= 15 is 0 Å². The SMILES string of the molecule is CCCCCCCCCCCCCCCCCC(=O)N(CC)CCO. The van der Waals surface area contributed by atoms with Crippen LogP contribution in [0.2, 0.25) is 0 Å². The van der Waals surface area contributed by atoms with Crippen LogP contribution in [0.5, 0.6) is 0 Å². The minimum atomic E-state index is 0.0679. The molecule has 3 heteroatoms. The van der Waals surface area contributed by atoms with Crippen LogP contribution < -0.4 is 0 Å². The molecule has 25 heavy (non-hydrogen) atoms. The van der Waals surface area contributed by atoms with E-state index in [-0.39, 0.29) is 12.5 Å². The fraction of sp³-hybridized carbons (Fsp3) is 0.955. The molecule has 0 spiro atoms. The lowest BCUT2D eigenvalue weighted by atomic mass is 10.0. The van der Waals surface area contributed by atoms with Crippen LogP contribution in [0.1, 0.15) is 117 Å². The van der Waals surface area contributed by atoms with Crippen molar-refractivity contribution in [1.82, 2.24) is 4.90 Å². The highest BCUT2D eigenvalue weighted by atomic mass is 16.3. The summed E-state index contributed by atoms with van der Waals surface area (Å²) in [4.78, 5) is 13.7. The average molecular weight is 356 g/mol. The Kier molecular flexibility index (Phi) is 19.3. The fourth-order valence-electron chi connectivity index (χ4n) is 3.39. The van der Waals surface area contributed by atoms with Crippen molar-refractivity contribution in [2.24, 2.45) is 0 Å². The Morgan fingerprint density at radius 3 is 1.44 bits per heavy atom. The summed E-state index contributed by atoms with van der Waals surface area (Å²) in [6.07, 6.45) is 20.9. The largest absolute Gasteiger partial charge is 0.395 e. The lowest BCUT2D eigenvalue weighted by Gasteiger charge is -2.19. The minimum absolute atomic E-state index is 0.0679. The first-order valence-corrected chi connectivity index (χ1v) is 11.1. The number of rotatable bonds is 19. The van der Waals surface area contributed by atoms with E-state index in [0.29, 0.717) is 19.5 Å². The van der Waals surface area contributed by atoms with Crippen LogP contribution >= 0.6 is 0 Å². The molecule has 0 aliphatic rings. The zero-order valence-corrected chi connectivity index (χ0v) is 17.2. The first-order chi connectivity index (χ1) is 12.3. The van der Waals surface area contributed by atoms with Crippen LogP contribution in [0.25, 0.3) is 0 Å². The van der Waals surface area contributed by atoms with Crippen molar-refractivity contribution in [2.75, 3.05) is 19.7 Å². The molecular formula is C22H45NO2. The van der Waals surface area contributed by atoms with Crippen molar-refractivity contribution in [3.63, 3.8) is 0 Å². The molecule has 0 aromatic carbocycles. The number of amides is 1. The Morgan fingerprint density at radius 1 is 0.680 bits per heavy atom. The van der Waals surface area contributed by atoms with Gasteiger partial charge in [0.2, 0.25) is 5.91 Å². The van der Waals surface area contributed by atoms with Gasteiger partial charge in [-0.2, -0.15) is 0 Å². The average Bonchev–Trinajstić information content (AvgIpc) is 2.62. The summed E-state index contributed by atoms with van der Waals surface area (Å²) in [5.74, 6) is 0.200. The molecule has 0 saturated heterocycles. The van der Waals surface area contributed by atoms with Crippen LogP contribution in [0.15, 0.2) is 0 Å². The Labute approximate surface area is 157 Å². The number of likely N-dealkylation sites (N-methyl/N-ethyl adjacent to an activating group) is 1. The highest BCUT2D eigenvalue weighted by Gasteiger charge is 2.09. The molecule has 0 fully saturated rings. The van der Waals surface area contributed by atoms with Crippen LogP contribution in [0.4, 0.5) is 0 Å². The van der Waals surface area contributed by atoms with Gasteiger partial charge >= 0.3 is 0 Å². The summed E-state index contributed by atoms with van der Waals surface area (Å²) in [7, 11) is 0. The molecule has 0 aromatic heterocycles. The summed E-state index contributed by atoms with van der Waals surface area (Å²) in [5.41, 5.74) is 0. The maximum Gasteiger partial charge on any atom is 0.222 e. The molecule has 0 radical (unpaired) electrons. The fourth-order valence-corrected chi connectivity index (χ4v) is 3.39. The zero-order chi connectivity index (χ0) is 18.6. The first-order valence-electron chi connectivity index (χ1n) is 11.1. The van der Waals surface area contributed by atoms with Crippen molar-refractivity contribution < 1.29 is 9.90 Å². The lowest BCUT2D eigenvalue weighted by molar-refractivity contribution is -0.131. The number of aliphatic hydroxyl groups is 1. The van der Waals surface area contributed by atoms with Gasteiger partial charge in [0, 0.05) is 19.5 Å². The first kappa shape index (κ1) is 24.4. The van der Waals surface area contributed by atoms with Gasteiger partial charge in [-0.1, -0.05) is 96.8 Å². The highest BCUT2D eigenvalue weighted by Crippen LogP contribution is 2.14. The quantitative estimate of drug-likeness (QED) is 0.285. The van der Waals surface area contributed by atoms with E-state index in [1.165, 1.54) is 89.9 Å². The molecule has 0 aromatic rings. The van der Waals surface area contributed by atoms with Gasteiger partial charge in [0.05, 0.1) is 6.61 Å². The van der Waals surface area contributed by atoms with Gasteiger partial charge in [-0.3, -0.25) is 4.79 Å². The summed E-state index contributed by atoms with van der Waals surface area (Å²) in [6, 6.07) is 0. The molecule has 1 N–H and O–H groups in total. The molecule has 0 aliphatic heterocycles. The van der Waals surface area contributed by atoms with Gasteiger partial charge in [-0.15, -0.1) is 0 Å². The molecule has 0 atom stereocenters. The Balaban J connectivity index is 3.22. The molecule has 0 unspecified atom stereocenters. The van der Waals surface area contributed by atoms with Gasteiger partial charge in [0.15, 0.2) is 0 Å². The van der Waals surface area contributed by atoms with E-state index in [1.807, 2.05) is 6.92 Å². The predicted octanol–water partition coefficient (Wildman–Crippen LogP) is 6.09. The number of hydrogen-bond donors (Lipinski definition) is 1. The van der Waals surface area contributed by atoms with E-state index in [0.717, 1.165) is 6.42 Å². The maximum atomic E-state index is 11.9. The normalized spacial score (nSPS) is 11.0. The minimum Gasteiger partial charge on any atom is -0.395 e. The number of unbranched alkanes of at least 4 members (excludes halogenated alkanes) is 14. The monoisotopic (exact) mass is 355 g/mol. The van der Waals surface area contributed by atoms with Crippen molar-refractivity contribution in [2.45, 2.75) is 117 Å². The van der Waals surface area contributed by atoms with Crippen LogP contribution in [0.3, 0.4) is 0 Å². The Morgan fingerprint density at radius 2 is 1.08 bits per heavy atom. The second-order valence-electron chi connectivity index (χ2n) is 7.40. The number of carbonyl (C=O) groups is 1. The second kappa shape index (κ2) is 19.8. The van der Waals surface area contributed by atoms with E-state index in [2.05, 4.69) is 6.92 Å². The molecule has 0 saturated carbocycles. The Hall–Kier alpha value is -0.570. The number of aliphatic hydroxyl groups excluding tert-OH is 1. The third-order valence-corrected chi connectivity index (χ3v) is 5.10. The van der Waals surface area contributed by atoms with Crippen LogP contribution in [-0.4, -0.2) is 35.6 Å². The van der Waals surface area contributed by atoms with Crippen LogP contribution in [0, 0.1) is 0 Å². The Bertz CT molecular complexity index is 281. The van der Waals surface area contributed by atoms with Gasteiger partial charge < -0.3 is 10.0 Å².